The molecule has 0 radical (unpaired) electrons. The second-order valence-corrected chi connectivity index (χ2v) is 6.35. The predicted octanol–water partition coefficient (Wildman–Crippen LogP) is 3.93. The van der Waals surface area contributed by atoms with E-state index in [9.17, 15) is 0 Å². The number of hydrogen-bond acceptors (Lipinski definition) is 2. The van der Waals surface area contributed by atoms with Crippen molar-refractivity contribution in [3.8, 4) is 0 Å². The highest BCUT2D eigenvalue weighted by molar-refractivity contribution is 7.98. The second-order valence-electron chi connectivity index (χ2n) is 5.36. The SMILES string of the molecule is CCCNC(CCSC)C1CCC(C)CC1. The molecule has 2 heteroatoms. The molecule has 0 aromatic rings. The van der Waals surface area contributed by atoms with Crippen LogP contribution < -0.4 is 5.32 Å². The second kappa shape index (κ2) is 8.41. The number of nitrogens with one attached hydrogen (secondary N) is 1. The van der Waals surface area contributed by atoms with Crippen molar-refractivity contribution in [2.24, 2.45) is 11.8 Å². The van der Waals surface area contributed by atoms with Crippen LogP contribution in [0.5, 0.6) is 0 Å². The van der Waals surface area contributed by atoms with Crippen LogP contribution in [0.4, 0.5) is 0 Å². The molecule has 0 bridgehead atoms. The van der Waals surface area contributed by atoms with E-state index in [-0.39, 0.29) is 0 Å². The predicted molar refractivity (Wildman–Crippen MR) is 76.2 cm³/mol. The average Bonchev–Trinajstić information content (AvgIpc) is 2.31. The maximum absolute atomic E-state index is 3.78. The number of hydrogen-bond donors (Lipinski definition) is 1. The van der Waals surface area contributed by atoms with Crippen LogP contribution in [0.15, 0.2) is 0 Å². The van der Waals surface area contributed by atoms with Gasteiger partial charge in [-0.15, -0.1) is 0 Å². The fraction of sp³-hybridized carbons (Fsp3) is 1.00. The fourth-order valence-electron chi connectivity index (χ4n) is 2.77. The van der Waals surface area contributed by atoms with Gasteiger partial charge in [-0.25, -0.2) is 0 Å². The van der Waals surface area contributed by atoms with E-state index >= 15 is 0 Å². The monoisotopic (exact) mass is 243 g/mol. The summed E-state index contributed by atoms with van der Waals surface area (Å²) in [5.41, 5.74) is 0. The van der Waals surface area contributed by atoms with Crippen molar-refractivity contribution in [2.45, 2.75) is 58.4 Å². The summed E-state index contributed by atoms with van der Waals surface area (Å²) in [5.74, 6) is 3.24. The third-order valence-corrected chi connectivity index (χ3v) is 4.56. The zero-order valence-corrected chi connectivity index (χ0v) is 12.1. The Labute approximate surface area is 106 Å². The first-order chi connectivity index (χ1) is 7.77. The van der Waals surface area contributed by atoms with E-state index in [1.165, 1.54) is 50.8 Å². The average molecular weight is 243 g/mol. The Balaban J connectivity index is 2.34. The Bertz CT molecular complexity index is 156. The van der Waals surface area contributed by atoms with Crippen molar-refractivity contribution in [2.75, 3.05) is 18.6 Å². The Kier molecular flexibility index (Phi) is 7.55. The van der Waals surface area contributed by atoms with Crippen LogP contribution in [-0.4, -0.2) is 24.6 Å². The Morgan fingerprint density at radius 2 is 1.94 bits per heavy atom. The minimum atomic E-state index is 0.792. The van der Waals surface area contributed by atoms with Crippen molar-refractivity contribution < 1.29 is 0 Å². The molecule has 0 aromatic heterocycles. The van der Waals surface area contributed by atoms with Gasteiger partial charge in [-0.3, -0.25) is 0 Å². The Morgan fingerprint density at radius 1 is 1.25 bits per heavy atom. The molecule has 1 nitrogen and oxygen atoms in total. The summed E-state index contributed by atoms with van der Waals surface area (Å²) in [6.07, 6.45) is 10.7. The molecule has 0 amide bonds. The minimum absolute atomic E-state index is 0.792. The highest BCUT2D eigenvalue weighted by Crippen LogP contribution is 2.31. The molecule has 1 rings (SSSR count). The first-order valence-electron chi connectivity index (χ1n) is 7.00. The van der Waals surface area contributed by atoms with Gasteiger partial charge in [0, 0.05) is 6.04 Å². The van der Waals surface area contributed by atoms with Crippen LogP contribution in [-0.2, 0) is 0 Å². The molecule has 1 fully saturated rings. The van der Waals surface area contributed by atoms with Crippen LogP contribution in [0.25, 0.3) is 0 Å². The molecule has 0 saturated heterocycles. The molecule has 1 aliphatic carbocycles. The van der Waals surface area contributed by atoms with Crippen molar-refractivity contribution in [3.05, 3.63) is 0 Å². The molecule has 0 aliphatic heterocycles. The summed E-state index contributed by atoms with van der Waals surface area (Å²) in [5, 5.41) is 3.78. The number of thioether (sulfide) groups is 1. The zero-order valence-electron chi connectivity index (χ0n) is 11.3. The van der Waals surface area contributed by atoms with E-state index < -0.39 is 0 Å². The molecular formula is C14H29NS. The normalized spacial score (nSPS) is 27.9. The van der Waals surface area contributed by atoms with Gasteiger partial charge in [-0.2, -0.15) is 11.8 Å². The third-order valence-electron chi connectivity index (χ3n) is 3.92. The first kappa shape index (κ1) is 14.4. The van der Waals surface area contributed by atoms with E-state index in [4.69, 9.17) is 0 Å². The van der Waals surface area contributed by atoms with Gasteiger partial charge < -0.3 is 5.32 Å². The summed E-state index contributed by atoms with van der Waals surface area (Å²) >= 11 is 1.99. The Hall–Kier alpha value is 0.310. The van der Waals surface area contributed by atoms with Gasteiger partial charge >= 0.3 is 0 Å². The Morgan fingerprint density at radius 3 is 2.50 bits per heavy atom. The lowest BCUT2D eigenvalue weighted by atomic mass is 9.78. The lowest BCUT2D eigenvalue weighted by Crippen LogP contribution is -2.38. The van der Waals surface area contributed by atoms with Gasteiger partial charge in [0.15, 0.2) is 0 Å². The molecule has 1 atom stereocenters. The van der Waals surface area contributed by atoms with E-state index in [0.717, 1.165) is 17.9 Å². The van der Waals surface area contributed by atoms with Gasteiger partial charge in [0.25, 0.3) is 0 Å². The van der Waals surface area contributed by atoms with E-state index in [0.29, 0.717) is 0 Å². The van der Waals surface area contributed by atoms with E-state index in [1.807, 2.05) is 11.8 Å². The lowest BCUT2D eigenvalue weighted by Gasteiger charge is -2.33. The number of rotatable bonds is 7. The largest absolute Gasteiger partial charge is 0.314 e. The van der Waals surface area contributed by atoms with Crippen LogP contribution >= 0.6 is 11.8 Å². The molecule has 96 valence electrons. The fourth-order valence-corrected chi connectivity index (χ4v) is 3.26. The summed E-state index contributed by atoms with van der Waals surface area (Å²) in [6.45, 7) is 5.87. The molecule has 0 spiro atoms. The summed E-state index contributed by atoms with van der Waals surface area (Å²) in [7, 11) is 0. The molecule has 1 N–H and O–H groups in total. The van der Waals surface area contributed by atoms with Crippen molar-refractivity contribution in [3.63, 3.8) is 0 Å². The van der Waals surface area contributed by atoms with Crippen LogP contribution in [0, 0.1) is 11.8 Å². The topological polar surface area (TPSA) is 12.0 Å². The summed E-state index contributed by atoms with van der Waals surface area (Å²) < 4.78 is 0. The molecular weight excluding hydrogens is 214 g/mol. The summed E-state index contributed by atoms with van der Waals surface area (Å²) in [6, 6.07) is 0.792. The maximum Gasteiger partial charge on any atom is 0.0103 e. The van der Waals surface area contributed by atoms with Crippen molar-refractivity contribution >= 4 is 11.8 Å². The quantitative estimate of drug-likeness (QED) is 0.727. The highest BCUT2D eigenvalue weighted by atomic mass is 32.2. The molecule has 1 unspecified atom stereocenters. The highest BCUT2D eigenvalue weighted by Gasteiger charge is 2.25. The van der Waals surface area contributed by atoms with Gasteiger partial charge in [0.2, 0.25) is 0 Å². The molecule has 0 heterocycles. The van der Waals surface area contributed by atoms with Gasteiger partial charge in [0.1, 0.15) is 0 Å². The van der Waals surface area contributed by atoms with Crippen molar-refractivity contribution in [1.29, 1.82) is 0 Å². The third kappa shape index (κ3) is 5.09. The lowest BCUT2D eigenvalue weighted by molar-refractivity contribution is 0.227. The smallest absolute Gasteiger partial charge is 0.0103 e. The van der Waals surface area contributed by atoms with Crippen LogP contribution in [0.2, 0.25) is 0 Å². The van der Waals surface area contributed by atoms with E-state index in [1.54, 1.807) is 0 Å². The summed E-state index contributed by atoms with van der Waals surface area (Å²) in [4.78, 5) is 0. The molecule has 16 heavy (non-hydrogen) atoms. The maximum atomic E-state index is 3.78. The first-order valence-corrected chi connectivity index (χ1v) is 8.39. The van der Waals surface area contributed by atoms with Crippen LogP contribution in [0.1, 0.15) is 52.4 Å². The minimum Gasteiger partial charge on any atom is -0.314 e. The van der Waals surface area contributed by atoms with Crippen LogP contribution in [0.3, 0.4) is 0 Å². The van der Waals surface area contributed by atoms with Gasteiger partial charge in [-0.05, 0) is 56.1 Å². The zero-order chi connectivity index (χ0) is 11.8. The molecule has 0 aromatic carbocycles. The standard InChI is InChI=1S/C14H29NS/c1-4-10-15-14(9-11-16-3)13-7-5-12(2)6-8-13/h12-15H,4-11H2,1-3H3. The van der Waals surface area contributed by atoms with Gasteiger partial charge in [0.05, 0.1) is 0 Å². The molecule has 1 saturated carbocycles. The van der Waals surface area contributed by atoms with E-state index in [2.05, 4.69) is 25.4 Å². The van der Waals surface area contributed by atoms with Gasteiger partial charge in [-0.1, -0.05) is 26.7 Å². The molecule has 1 aliphatic rings. The van der Waals surface area contributed by atoms with Crippen molar-refractivity contribution in [1.82, 2.24) is 5.32 Å².